The third-order valence-corrected chi connectivity index (χ3v) is 7.18. The van der Waals surface area contributed by atoms with Crippen molar-refractivity contribution in [3.8, 4) is 0 Å². The van der Waals surface area contributed by atoms with E-state index in [2.05, 4.69) is 15.0 Å². The highest BCUT2D eigenvalue weighted by Gasteiger charge is 2.28. The van der Waals surface area contributed by atoms with Gasteiger partial charge in [0.05, 0.1) is 0 Å². The molecule has 0 saturated carbocycles. The molecule has 0 radical (unpaired) electrons. The van der Waals surface area contributed by atoms with Crippen LogP contribution in [0.4, 0.5) is 5.69 Å². The second-order valence-corrected chi connectivity index (χ2v) is 9.28. The topological polar surface area (TPSA) is 87.6 Å². The predicted molar refractivity (Wildman–Crippen MR) is 108 cm³/mol. The summed E-state index contributed by atoms with van der Waals surface area (Å²) < 4.78 is 28.0. The summed E-state index contributed by atoms with van der Waals surface area (Å²) in [5.74, 6) is 3.03. The van der Waals surface area contributed by atoms with E-state index in [9.17, 15) is 13.2 Å². The van der Waals surface area contributed by atoms with Crippen molar-refractivity contribution < 1.29 is 13.2 Å². The number of amidine groups is 1. The summed E-state index contributed by atoms with van der Waals surface area (Å²) in [6, 6.07) is 13.6. The summed E-state index contributed by atoms with van der Waals surface area (Å²) in [5, 5.41) is 6.01. The van der Waals surface area contributed by atoms with Gasteiger partial charge >= 0.3 is 0 Å². The van der Waals surface area contributed by atoms with Crippen LogP contribution in [0, 0.1) is 5.92 Å². The number of benzene rings is 2. The molecule has 1 atom stereocenters. The van der Waals surface area contributed by atoms with Gasteiger partial charge in [0, 0.05) is 23.4 Å². The van der Waals surface area contributed by atoms with Crippen molar-refractivity contribution in [3.05, 3.63) is 59.7 Å². The summed E-state index contributed by atoms with van der Waals surface area (Å²) in [5.41, 5.74) is 1.80. The van der Waals surface area contributed by atoms with Crippen LogP contribution in [-0.4, -0.2) is 38.2 Å². The molecule has 1 amide bonds. The van der Waals surface area contributed by atoms with Crippen molar-refractivity contribution in [2.45, 2.75) is 11.3 Å². The first-order chi connectivity index (χ1) is 13.0. The minimum atomic E-state index is -3.65. The molecular weight excluding hydrogens is 382 g/mol. The van der Waals surface area contributed by atoms with E-state index in [4.69, 9.17) is 0 Å². The Morgan fingerprint density at radius 3 is 2.67 bits per heavy atom. The Labute approximate surface area is 162 Å². The molecule has 0 aliphatic carbocycles. The van der Waals surface area contributed by atoms with E-state index >= 15 is 0 Å². The van der Waals surface area contributed by atoms with E-state index < -0.39 is 10.0 Å². The first kappa shape index (κ1) is 18.1. The minimum Gasteiger partial charge on any atom is -0.352 e. The zero-order chi connectivity index (χ0) is 18.9. The van der Waals surface area contributed by atoms with Crippen LogP contribution in [0.15, 0.2) is 57.8 Å². The first-order valence-electron chi connectivity index (χ1n) is 8.70. The molecule has 2 aromatic rings. The number of thioether (sulfide) groups is 1. The zero-order valence-electron chi connectivity index (χ0n) is 14.5. The number of sulfonamides is 1. The van der Waals surface area contributed by atoms with Gasteiger partial charge in [0.2, 0.25) is 0 Å². The Morgan fingerprint density at radius 2 is 1.93 bits per heavy atom. The van der Waals surface area contributed by atoms with E-state index in [-0.39, 0.29) is 10.8 Å². The smallest absolute Gasteiger partial charge is 0.285 e. The molecule has 0 bridgehead atoms. The van der Waals surface area contributed by atoms with Gasteiger partial charge in [-0.25, -0.2) is 0 Å². The van der Waals surface area contributed by atoms with E-state index in [0.717, 1.165) is 12.2 Å². The highest BCUT2D eigenvalue weighted by atomic mass is 32.2. The van der Waals surface area contributed by atoms with Gasteiger partial charge in [-0.2, -0.15) is 20.2 Å². The van der Waals surface area contributed by atoms with Crippen LogP contribution < -0.4 is 10.6 Å². The lowest BCUT2D eigenvalue weighted by molar-refractivity contribution is 0.0948. The summed E-state index contributed by atoms with van der Waals surface area (Å²) in [4.78, 5) is 12.5. The minimum absolute atomic E-state index is 0.0930. The van der Waals surface area contributed by atoms with Crippen LogP contribution >= 0.6 is 11.8 Å². The first-order valence-corrected chi connectivity index (χ1v) is 11.3. The molecule has 8 heteroatoms. The van der Waals surface area contributed by atoms with Gasteiger partial charge in [0.25, 0.3) is 15.9 Å². The van der Waals surface area contributed by atoms with Gasteiger partial charge in [-0.3, -0.25) is 4.79 Å². The van der Waals surface area contributed by atoms with E-state index in [1.165, 1.54) is 5.75 Å². The van der Waals surface area contributed by atoms with Crippen molar-refractivity contribution in [2.75, 3.05) is 23.4 Å². The highest BCUT2D eigenvalue weighted by molar-refractivity contribution is 7.99. The number of fused-ring (bicyclic) bond motifs is 1. The number of amides is 1. The number of nitrogens with one attached hydrogen (secondary N) is 2. The normalized spacial score (nSPS) is 20.0. The molecule has 2 heterocycles. The third-order valence-electron chi connectivity index (χ3n) is 4.62. The molecule has 2 aliphatic rings. The lowest BCUT2D eigenvalue weighted by Crippen LogP contribution is -2.29. The molecule has 4 rings (SSSR count). The number of carbonyl (C=O) groups is 1. The molecule has 2 aromatic carbocycles. The molecular formula is C19H19N3O3S2. The van der Waals surface area contributed by atoms with Gasteiger partial charge in [-0.15, -0.1) is 4.40 Å². The second-order valence-electron chi connectivity index (χ2n) is 6.55. The van der Waals surface area contributed by atoms with Gasteiger partial charge in [0.1, 0.15) is 4.90 Å². The molecule has 6 nitrogen and oxygen atoms in total. The van der Waals surface area contributed by atoms with E-state index in [0.29, 0.717) is 35.1 Å². The highest BCUT2D eigenvalue weighted by Crippen LogP contribution is 2.27. The fraction of sp³-hybridized carbons (Fsp3) is 0.263. The van der Waals surface area contributed by atoms with Crippen molar-refractivity contribution in [1.29, 1.82) is 0 Å². The molecule has 27 heavy (non-hydrogen) atoms. The number of hydrogen-bond donors (Lipinski definition) is 2. The van der Waals surface area contributed by atoms with Crippen molar-refractivity contribution in [3.63, 3.8) is 0 Å². The van der Waals surface area contributed by atoms with Crippen LogP contribution in [0.5, 0.6) is 0 Å². The van der Waals surface area contributed by atoms with Gasteiger partial charge in [-0.05, 0) is 60.2 Å². The number of hydrogen-bond acceptors (Lipinski definition) is 5. The molecule has 1 fully saturated rings. The molecule has 0 aromatic heterocycles. The van der Waals surface area contributed by atoms with E-state index in [1.807, 2.05) is 11.8 Å². The van der Waals surface area contributed by atoms with Gasteiger partial charge < -0.3 is 10.6 Å². The summed E-state index contributed by atoms with van der Waals surface area (Å²) >= 11 is 1.93. The zero-order valence-corrected chi connectivity index (χ0v) is 16.1. The average molecular weight is 402 g/mol. The van der Waals surface area contributed by atoms with Crippen molar-refractivity contribution >= 4 is 39.2 Å². The summed E-state index contributed by atoms with van der Waals surface area (Å²) in [6.07, 6.45) is 1.15. The Balaban J connectivity index is 1.43. The maximum absolute atomic E-state index is 12.3. The lowest BCUT2D eigenvalue weighted by Gasteiger charge is -2.11. The van der Waals surface area contributed by atoms with Crippen LogP contribution in [0.2, 0.25) is 0 Å². The van der Waals surface area contributed by atoms with Crippen molar-refractivity contribution in [2.24, 2.45) is 10.3 Å². The van der Waals surface area contributed by atoms with Crippen LogP contribution in [-0.2, 0) is 10.0 Å². The lowest BCUT2D eigenvalue weighted by atomic mass is 10.1. The maximum Gasteiger partial charge on any atom is 0.285 e. The number of carbonyl (C=O) groups excluding carboxylic acids is 1. The van der Waals surface area contributed by atoms with Crippen LogP contribution in [0.3, 0.4) is 0 Å². The average Bonchev–Trinajstić information content (AvgIpc) is 3.27. The Bertz CT molecular complexity index is 995. The molecule has 0 spiro atoms. The fourth-order valence-electron chi connectivity index (χ4n) is 3.12. The van der Waals surface area contributed by atoms with Crippen LogP contribution in [0.25, 0.3) is 0 Å². The van der Waals surface area contributed by atoms with E-state index in [1.54, 1.807) is 48.5 Å². The maximum atomic E-state index is 12.3. The molecule has 2 aliphatic heterocycles. The van der Waals surface area contributed by atoms with Gasteiger partial charge in [0.15, 0.2) is 5.84 Å². The number of anilines is 1. The molecule has 1 saturated heterocycles. The standard InChI is InChI=1S/C19H19N3O3S2/c23-19(20-11-13-9-10-26-12-13)14-5-7-15(8-6-14)21-18-16-3-1-2-4-17(16)27(24,25)22-18/h1-8,13H,9-12H2,(H,20,23)(H,21,22)/t13-/m0/s1. The molecule has 0 unspecified atom stereocenters. The number of rotatable bonds is 4. The Morgan fingerprint density at radius 1 is 1.15 bits per heavy atom. The quantitative estimate of drug-likeness (QED) is 0.823. The Hall–Kier alpha value is -2.32. The van der Waals surface area contributed by atoms with Crippen LogP contribution in [0.1, 0.15) is 22.3 Å². The SMILES string of the molecule is O=C(NC[C@@H]1CCSC1)c1ccc(NC2=NS(=O)(=O)c3ccccc32)cc1. The summed E-state index contributed by atoms with van der Waals surface area (Å²) in [7, 11) is -3.65. The molecule has 2 N–H and O–H groups in total. The van der Waals surface area contributed by atoms with Crippen molar-refractivity contribution in [1.82, 2.24) is 5.32 Å². The Kier molecular flexibility index (Phi) is 4.92. The predicted octanol–water partition coefficient (Wildman–Crippen LogP) is 2.73. The van der Waals surface area contributed by atoms with Gasteiger partial charge in [-0.1, -0.05) is 12.1 Å². The fourth-order valence-corrected chi connectivity index (χ4v) is 5.58. The third kappa shape index (κ3) is 3.86. The second kappa shape index (κ2) is 7.36. The largest absolute Gasteiger partial charge is 0.352 e. The number of nitrogens with zero attached hydrogens (tertiary/aromatic N) is 1. The monoisotopic (exact) mass is 401 g/mol. The summed E-state index contributed by atoms with van der Waals surface area (Å²) in [6.45, 7) is 0.706. The molecule has 140 valence electrons.